The van der Waals surface area contributed by atoms with Crippen molar-refractivity contribution in [3.8, 4) is 0 Å². The van der Waals surface area contributed by atoms with Crippen LogP contribution >= 0.6 is 0 Å². The van der Waals surface area contributed by atoms with Crippen molar-refractivity contribution < 1.29 is 9.21 Å². The van der Waals surface area contributed by atoms with Gasteiger partial charge in [0.25, 0.3) is 5.91 Å². The van der Waals surface area contributed by atoms with Crippen molar-refractivity contribution in [3.63, 3.8) is 0 Å². The van der Waals surface area contributed by atoms with Gasteiger partial charge in [-0.05, 0) is 43.0 Å². The average Bonchev–Trinajstić information content (AvgIpc) is 3.19. The van der Waals surface area contributed by atoms with Crippen LogP contribution in [0.3, 0.4) is 0 Å². The first-order chi connectivity index (χ1) is 12.3. The van der Waals surface area contributed by atoms with Gasteiger partial charge >= 0.3 is 0 Å². The summed E-state index contributed by atoms with van der Waals surface area (Å²) < 4.78 is 5.70. The van der Waals surface area contributed by atoms with Gasteiger partial charge in [-0.3, -0.25) is 4.79 Å². The van der Waals surface area contributed by atoms with Crippen molar-refractivity contribution in [2.24, 2.45) is 11.1 Å². The molecule has 0 spiro atoms. The number of nitrogens with two attached hydrogens (primary N) is 1. The minimum atomic E-state index is -0.114. The van der Waals surface area contributed by atoms with E-state index in [4.69, 9.17) is 10.2 Å². The van der Waals surface area contributed by atoms with Crippen LogP contribution in [0.2, 0.25) is 0 Å². The van der Waals surface area contributed by atoms with Gasteiger partial charge in [-0.15, -0.1) is 0 Å². The number of fused-ring (bicyclic) bond motifs is 1. The zero-order chi connectivity index (χ0) is 18.9. The summed E-state index contributed by atoms with van der Waals surface area (Å²) in [6.45, 7) is 8.08. The Kier molecular flexibility index (Phi) is 5.10. The summed E-state index contributed by atoms with van der Waals surface area (Å²) in [6.07, 6.45) is 2.63. The predicted molar refractivity (Wildman–Crippen MR) is 104 cm³/mol. The van der Waals surface area contributed by atoms with Gasteiger partial charge in [0.15, 0.2) is 0 Å². The number of rotatable bonds is 6. The number of para-hydroxylation sites is 1. The summed E-state index contributed by atoms with van der Waals surface area (Å²) in [4.78, 5) is 17.0. The molecule has 2 heterocycles. The number of amides is 1. The van der Waals surface area contributed by atoms with Crippen LogP contribution in [0.1, 0.15) is 42.5 Å². The van der Waals surface area contributed by atoms with Gasteiger partial charge in [0.2, 0.25) is 0 Å². The molecule has 1 amide bonds. The van der Waals surface area contributed by atoms with Crippen molar-refractivity contribution in [1.82, 2.24) is 4.90 Å². The summed E-state index contributed by atoms with van der Waals surface area (Å²) >= 11 is 0. The molecule has 0 radical (unpaired) electrons. The van der Waals surface area contributed by atoms with Crippen molar-refractivity contribution in [1.29, 1.82) is 0 Å². The Bertz CT molecular complexity index is 781. The Labute approximate surface area is 155 Å². The van der Waals surface area contributed by atoms with Gasteiger partial charge in [0, 0.05) is 25.3 Å². The Hall–Kier alpha value is -2.27. The third kappa shape index (κ3) is 3.63. The first-order valence-corrected chi connectivity index (χ1v) is 9.19. The number of hydrogen-bond donors (Lipinski definition) is 1. The number of furan rings is 1. The van der Waals surface area contributed by atoms with Crippen molar-refractivity contribution in [2.75, 3.05) is 25.0 Å². The largest absolute Gasteiger partial charge is 0.467 e. The molecule has 140 valence electrons. The monoisotopic (exact) mass is 355 g/mol. The summed E-state index contributed by atoms with van der Waals surface area (Å²) in [5.41, 5.74) is 8.91. The van der Waals surface area contributed by atoms with E-state index >= 15 is 0 Å². The molecule has 0 saturated heterocycles. The van der Waals surface area contributed by atoms with Crippen LogP contribution in [0.15, 0.2) is 41.0 Å². The van der Waals surface area contributed by atoms with E-state index < -0.39 is 0 Å². The molecule has 0 aliphatic carbocycles. The maximum absolute atomic E-state index is 12.9. The predicted octanol–water partition coefficient (Wildman–Crippen LogP) is 3.29. The zero-order valence-corrected chi connectivity index (χ0v) is 16.2. The number of hydrogen-bond acceptors (Lipinski definition) is 4. The number of nitrogens with zero attached hydrogens (tertiary/aromatic N) is 2. The van der Waals surface area contributed by atoms with Crippen LogP contribution in [-0.2, 0) is 13.0 Å². The second-order valence-corrected chi connectivity index (χ2v) is 8.10. The molecule has 26 heavy (non-hydrogen) atoms. The van der Waals surface area contributed by atoms with E-state index in [1.54, 1.807) is 17.2 Å². The van der Waals surface area contributed by atoms with Crippen LogP contribution in [0.25, 0.3) is 0 Å². The molecule has 1 atom stereocenters. The zero-order valence-electron chi connectivity index (χ0n) is 16.2. The Morgan fingerprint density at radius 1 is 1.35 bits per heavy atom. The lowest BCUT2D eigenvalue weighted by molar-refractivity contribution is 0.0738. The van der Waals surface area contributed by atoms with Crippen molar-refractivity contribution in [2.45, 2.75) is 39.8 Å². The normalized spacial score (nSPS) is 16.7. The summed E-state index contributed by atoms with van der Waals surface area (Å²) in [5, 5.41) is 0. The van der Waals surface area contributed by atoms with E-state index in [2.05, 4.69) is 49.9 Å². The summed E-state index contributed by atoms with van der Waals surface area (Å²) in [6, 6.07) is 10.6. The molecule has 5 heteroatoms. The fraction of sp³-hybridized carbons (Fsp3) is 0.476. The number of anilines is 1. The lowest BCUT2D eigenvalue weighted by atomic mass is 9.93. The Balaban J connectivity index is 1.78. The molecule has 1 aliphatic rings. The highest BCUT2D eigenvalue weighted by atomic mass is 16.3. The molecule has 1 aromatic heterocycles. The first kappa shape index (κ1) is 18.5. The number of carbonyl (C=O) groups excluding carboxylic acids is 1. The Morgan fingerprint density at radius 2 is 2.08 bits per heavy atom. The molecule has 2 aromatic rings. The molecule has 1 unspecified atom stereocenters. The summed E-state index contributed by atoms with van der Waals surface area (Å²) in [7, 11) is 1.82. The van der Waals surface area contributed by atoms with Crippen LogP contribution in [0.5, 0.6) is 0 Å². The van der Waals surface area contributed by atoms with Gasteiger partial charge < -0.3 is 20.0 Å². The highest BCUT2D eigenvalue weighted by Gasteiger charge is 2.29. The van der Waals surface area contributed by atoms with Gasteiger partial charge in [-0.1, -0.05) is 32.0 Å². The molecule has 0 fully saturated rings. The second-order valence-electron chi connectivity index (χ2n) is 8.10. The smallest absolute Gasteiger partial charge is 0.257 e. The third-order valence-corrected chi connectivity index (χ3v) is 5.20. The van der Waals surface area contributed by atoms with Gasteiger partial charge in [0.05, 0.1) is 18.4 Å². The lowest BCUT2D eigenvalue weighted by Crippen LogP contribution is -2.40. The SMILES string of the molecule is CC1Cc2ccccc2N1Cc1occc1C(=O)N(C)CC(C)(C)CN. The Morgan fingerprint density at radius 3 is 2.81 bits per heavy atom. The topological polar surface area (TPSA) is 62.7 Å². The van der Waals surface area contributed by atoms with E-state index in [-0.39, 0.29) is 11.3 Å². The molecule has 1 aromatic carbocycles. The lowest BCUT2D eigenvalue weighted by Gasteiger charge is -2.29. The molecular formula is C21H29N3O2. The van der Waals surface area contributed by atoms with E-state index in [0.29, 0.717) is 31.2 Å². The molecule has 0 saturated carbocycles. The third-order valence-electron chi connectivity index (χ3n) is 5.20. The van der Waals surface area contributed by atoms with E-state index in [0.717, 1.165) is 12.2 Å². The minimum absolute atomic E-state index is 0.0181. The molecular weight excluding hydrogens is 326 g/mol. The maximum Gasteiger partial charge on any atom is 0.257 e. The standard InChI is InChI=1S/C21H29N3O2/c1-15-11-16-7-5-6-8-18(16)24(15)12-19-17(9-10-26-19)20(25)23(4)14-21(2,3)13-22/h5-10,15H,11-14,22H2,1-4H3. The molecule has 0 bridgehead atoms. The number of carbonyl (C=O) groups is 1. The molecule has 5 nitrogen and oxygen atoms in total. The van der Waals surface area contributed by atoms with Crippen molar-refractivity contribution in [3.05, 3.63) is 53.5 Å². The molecule has 2 N–H and O–H groups in total. The minimum Gasteiger partial charge on any atom is -0.467 e. The van der Waals surface area contributed by atoms with E-state index in [1.165, 1.54) is 11.3 Å². The van der Waals surface area contributed by atoms with Crippen LogP contribution in [-0.4, -0.2) is 37.0 Å². The number of benzene rings is 1. The second kappa shape index (κ2) is 7.16. The van der Waals surface area contributed by atoms with E-state index in [9.17, 15) is 4.79 Å². The van der Waals surface area contributed by atoms with Gasteiger partial charge in [-0.2, -0.15) is 0 Å². The highest BCUT2D eigenvalue weighted by molar-refractivity contribution is 5.95. The average molecular weight is 355 g/mol. The van der Waals surface area contributed by atoms with Crippen LogP contribution in [0.4, 0.5) is 5.69 Å². The van der Waals surface area contributed by atoms with Gasteiger partial charge in [-0.25, -0.2) is 0 Å². The summed E-state index contributed by atoms with van der Waals surface area (Å²) in [5.74, 6) is 0.700. The van der Waals surface area contributed by atoms with E-state index in [1.807, 2.05) is 7.05 Å². The van der Waals surface area contributed by atoms with Crippen molar-refractivity contribution >= 4 is 11.6 Å². The quantitative estimate of drug-likeness (QED) is 0.864. The fourth-order valence-corrected chi connectivity index (χ4v) is 3.66. The van der Waals surface area contributed by atoms with Crippen LogP contribution in [0, 0.1) is 5.41 Å². The maximum atomic E-state index is 12.9. The first-order valence-electron chi connectivity index (χ1n) is 9.19. The van der Waals surface area contributed by atoms with Crippen LogP contribution < -0.4 is 10.6 Å². The van der Waals surface area contributed by atoms with Gasteiger partial charge in [0.1, 0.15) is 5.76 Å². The highest BCUT2D eigenvalue weighted by Crippen LogP contribution is 2.33. The molecule has 1 aliphatic heterocycles. The fourth-order valence-electron chi connectivity index (χ4n) is 3.66. The molecule has 3 rings (SSSR count).